The maximum atomic E-state index is 14.3. The number of nitrogen functional groups attached to an aromatic ring is 1. The molecule has 0 saturated carbocycles. The standard InChI is InChI=1S/C19H25FN4O/c1-13-7-15-10-22-18(21)9-14(15)8-16(13)23-3-5-24(6-4-23)19(2)12-25-11-17(19)20/h7-10,17H,3-6,11-12H2,1-2H3,(H2,21,22). The highest BCUT2D eigenvalue weighted by atomic mass is 19.1. The minimum Gasteiger partial charge on any atom is -0.384 e. The third kappa shape index (κ3) is 2.83. The Kier molecular flexibility index (Phi) is 4.04. The number of alkyl halides is 1. The van der Waals surface area contributed by atoms with Crippen LogP contribution in [0.5, 0.6) is 0 Å². The summed E-state index contributed by atoms with van der Waals surface area (Å²) in [5, 5.41) is 2.21. The van der Waals surface area contributed by atoms with Crippen molar-refractivity contribution < 1.29 is 9.13 Å². The number of hydrogen-bond donors (Lipinski definition) is 1. The highest BCUT2D eigenvalue weighted by Crippen LogP contribution is 2.32. The van der Waals surface area contributed by atoms with Gasteiger partial charge < -0.3 is 15.4 Å². The van der Waals surface area contributed by atoms with Crippen LogP contribution in [0.15, 0.2) is 24.4 Å². The van der Waals surface area contributed by atoms with Crippen LogP contribution in [0.2, 0.25) is 0 Å². The van der Waals surface area contributed by atoms with Gasteiger partial charge in [-0.05, 0) is 43.0 Å². The van der Waals surface area contributed by atoms with Gasteiger partial charge in [-0.1, -0.05) is 0 Å². The quantitative estimate of drug-likeness (QED) is 0.906. The molecule has 2 fully saturated rings. The maximum Gasteiger partial charge on any atom is 0.144 e. The summed E-state index contributed by atoms with van der Waals surface area (Å²) < 4.78 is 19.6. The first-order chi connectivity index (χ1) is 12.0. The molecule has 6 heteroatoms. The molecule has 0 bridgehead atoms. The van der Waals surface area contributed by atoms with Crippen LogP contribution >= 0.6 is 0 Å². The molecular formula is C19H25FN4O. The van der Waals surface area contributed by atoms with Crippen molar-refractivity contribution in [2.24, 2.45) is 0 Å². The van der Waals surface area contributed by atoms with E-state index in [2.05, 4.69) is 33.8 Å². The summed E-state index contributed by atoms with van der Waals surface area (Å²) in [7, 11) is 0. The minimum atomic E-state index is -0.906. The van der Waals surface area contributed by atoms with Gasteiger partial charge in [0.15, 0.2) is 0 Å². The first-order valence-electron chi connectivity index (χ1n) is 8.85. The van der Waals surface area contributed by atoms with Gasteiger partial charge in [0.1, 0.15) is 12.0 Å². The van der Waals surface area contributed by atoms with E-state index in [0.717, 1.165) is 37.0 Å². The Morgan fingerprint density at radius 3 is 2.64 bits per heavy atom. The second kappa shape index (κ2) is 6.11. The Labute approximate surface area is 147 Å². The zero-order valence-corrected chi connectivity index (χ0v) is 14.8. The molecule has 3 heterocycles. The smallest absolute Gasteiger partial charge is 0.144 e. The Bertz CT molecular complexity index is 790. The number of fused-ring (bicyclic) bond motifs is 1. The zero-order chi connectivity index (χ0) is 17.6. The third-order valence-corrected chi connectivity index (χ3v) is 5.73. The molecule has 2 saturated heterocycles. The van der Waals surface area contributed by atoms with Crippen molar-refractivity contribution in [1.29, 1.82) is 0 Å². The monoisotopic (exact) mass is 344 g/mol. The summed E-state index contributed by atoms with van der Waals surface area (Å²) in [6.45, 7) is 8.26. The van der Waals surface area contributed by atoms with E-state index < -0.39 is 11.7 Å². The van der Waals surface area contributed by atoms with Crippen molar-refractivity contribution in [2.75, 3.05) is 50.0 Å². The van der Waals surface area contributed by atoms with Crippen molar-refractivity contribution in [3.8, 4) is 0 Å². The van der Waals surface area contributed by atoms with E-state index in [1.807, 2.05) is 19.2 Å². The second-order valence-corrected chi connectivity index (χ2v) is 7.41. The number of aromatic nitrogens is 1. The fourth-order valence-corrected chi connectivity index (χ4v) is 4.04. The maximum absolute atomic E-state index is 14.3. The van der Waals surface area contributed by atoms with E-state index in [1.165, 1.54) is 11.3 Å². The van der Waals surface area contributed by atoms with Gasteiger partial charge in [-0.3, -0.25) is 4.90 Å². The van der Waals surface area contributed by atoms with Gasteiger partial charge in [0.25, 0.3) is 0 Å². The van der Waals surface area contributed by atoms with E-state index in [0.29, 0.717) is 12.4 Å². The van der Waals surface area contributed by atoms with E-state index in [-0.39, 0.29) is 6.61 Å². The zero-order valence-electron chi connectivity index (χ0n) is 14.8. The molecule has 1 aromatic heterocycles. The van der Waals surface area contributed by atoms with E-state index in [1.54, 1.807) is 0 Å². The highest BCUT2D eigenvalue weighted by molar-refractivity contribution is 5.88. The average molecular weight is 344 g/mol. The number of aryl methyl sites for hydroxylation is 1. The van der Waals surface area contributed by atoms with Crippen molar-refractivity contribution >= 4 is 22.3 Å². The number of halogens is 1. The third-order valence-electron chi connectivity index (χ3n) is 5.73. The van der Waals surface area contributed by atoms with Crippen LogP contribution in [-0.2, 0) is 4.74 Å². The number of anilines is 2. The number of nitrogens with two attached hydrogens (primary N) is 1. The van der Waals surface area contributed by atoms with Gasteiger partial charge in [0.05, 0.1) is 18.8 Å². The Balaban J connectivity index is 1.54. The predicted octanol–water partition coefficient (Wildman–Crippen LogP) is 2.37. The molecule has 0 amide bonds. The first-order valence-corrected chi connectivity index (χ1v) is 8.85. The summed E-state index contributed by atoms with van der Waals surface area (Å²) in [4.78, 5) is 8.80. The minimum absolute atomic E-state index is 0.218. The normalized spacial score (nSPS) is 28.0. The number of nitrogens with zero attached hydrogens (tertiary/aromatic N) is 3. The average Bonchev–Trinajstić information content (AvgIpc) is 2.95. The molecule has 0 aliphatic carbocycles. The fraction of sp³-hybridized carbons (Fsp3) is 0.526. The summed E-state index contributed by atoms with van der Waals surface area (Å²) in [6, 6.07) is 6.27. The number of piperazine rings is 1. The molecule has 2 aliphatic heterocycles. The van der Waals surface area contributed by atoms with Crippen LogP contribution in [0.4, 0.5) is 15.9 Å². The molecular weight excluding hydrogens is 319 g/mol. The van der Waals surface area contributed by atoms with E-state index >= 15 is 0 Å². The largest absolute Gasteiger partial charge is 0.384 e. The predicted molar refractivity (Wildman–Crippen MR) is 98.8 cm³/mol. The second-order valence-electron chi connectivity index (χ2n) is 7.41. The lowest BCUT2D eigenvalue weighted by molar-refractivity contribution is 0.0448. The highest BCUT2D eigenvalue weighted by Gasteiger charge is 2.46. The molecule has 4 rings (SSSR count). The van der Waals surface area contributed by atoms with Crippen LogP contribution in [0.25, 0.3) is 10.8 Å². The van der Waals surface area contributed by atoms with Crippen LogP contribution in [-0.4, -0.2) is 61.0 Å². The molecule has 2 N–H and O–H groups in total. The van der Waals surface area contributed by atoms with Gasteiger partial charge in [-0.2, -0.15) is 0 Å². The SMILES string of the molecule is Cc1cc2cnc(N)cc2cc1N1CCN(C2(C)COCC2F)CC1. The van der Waals surface area contributed by atoms with Crippen molar-refractivity contribution in [3.63, 3.8) is 0 Å². The molecule has 0 spiro atoms. The Morgan fingerprint density at radius 2 is 1.96 bits per heavy atom. The summed E-state index contributed by atoms with van der Waals surface area (Å²) in [5.74, 6) is 0.537. The molecule has 2 unspecified atom stereocenters. The van der Waals surface area contributed by atoms with Gasteiger partial charge in [0.2, 0.25) is 0 Å². The lowest BCUT2D eigenvalue weighted by atomic mass is 9.96. The molecule has 1 aromatic carbocycles. The Hall–Kier alpha value is -1.92. The molecule has 2 aliphatic rings. The fourth-order valence-electron chi connectivity index (χ4n) is 4.04. The van der Waals surface area contributed by atoms with Crippen LogP contribution < -0.4 is 10.6 Å². The number of hydrogen-bond acceptors (Lipinski definition) is 5. The van der Waals surface area contributed by atoms with Gasteiger partial charge in [-0.15, -0.1) is 0 Å². The number of rotatable bonds is 2. The van der Waals surface area contributed by atoms with Gasteiger partial charge in [0, 0.05) is 43.4 Å². The van der Waals surface area contributed by atoms with Gasteiger partial charge >= 0.3 is 0 Å². The molecule has 2 aromatic rings. The topological polar surface area (TPSA) is 54.6 Å². The number of ether oxygens (including phenoxy) is 1. The first kappa shape index (κ1) is 16.5. The molecule has 5 nitrogen and oxygen atoms in total. The van der Waals surface area contributed by atoms with Crippen LogP contribution in [0.1, 0.15) is 12.5 Å². The summed E-state index contributed by atoms with van der Waals surface area (Å²) in [5.41, 5.74) is 7.80. The van der Waals surface area contributed by atoms with E-state index in [9.17, 15) is 4.39 Å². The van der Waals surface area contributed by atoms with Gasteiger partial charge in [-0.25, -0.2) is 9.37 Å². The lowest BCUT2D eigenvalue weighted by Crippen LogP contribution is -2.59. The lowest BCUT2D eigenvalue weighted by Gasteiger charge is -2.45. The van der Waals surface area contributed by atoms with Crippen LogP contribution in [0.3, 0.4) is 0 Å². The molecule has 2 atom stereocenters. The number of benzene rings is 1. The van der Waals surface area contributed by atoms with E-state index in [4.69, 9.17) is 10.5 Å². The summed E-state index contributed by atoms with van der Waals surface area (Å²) >= 11 is 0. The van der Waals surface area contributed by atoms with Crippen molar-refractivity contribution in [2.45, 2.75) is 25.6 Å². The van der Waals surface area contributed by atoms with Crippen molar-refractivity contribution in [1.82, 2.24) is 9.88 Å². The van der Waals surface area contributed by atoms with Crippen molar-refractivity contribution in [3.05, 3.63) is 30.0 Å². The molecule has 0 radical (unpaired) electrons. The van der Waals surface area contributed by atoms with Crippen LogP contribution in [0, 0.1) is 6.92 Å². The number of pyridine rings is 1. The Morgan fingerprint density at radius 1 is 1.20 bits per heavy atom. The molecule has 134 valence electrons. The molecule has 25 heavy (non-hydrogen) atoms. The summed E-state index contributed by atoms with van der Waals surface area (Å²) in [6.07, 6.45) is 0.916.